The highest BCUT2D eigenvalue weighted by atomic mass is 79.9. The fraction of sp³-hybridized carbons (Fsp3) is 0.267. The topological polar surface area (TPSA) is 25.2 Å². The number of rotatable bonds is 1. The van der Waals surface area contributed by atoms with Crippen molar-refractivity contribution in [1.29, 1.82) is 0 Å². The molecular formula is C15H14BrClN2O. The van der Waals surface area contributed by atoms with Crippen LogP contribution in [0.2, 0.25) is 5.02 Å². The molecule has 1 atom stereocenters. The van der Waals surface area contributed by atoms with Crippen LogP contribution in [0.1, 0.15) is 29.0 Å². The summed E-state index contributed by atoms with van der Waals surface area (Å²) in [6, 6.07) is 9.50. The smallest absolute Gasteiger partial charge is 0.256 e. The summed E-state index contributed by atoms with van der Waals surface area (Å²) in [6.07, 6.45) is 2.06. The molecule has 3 rings (SSSR count). The predicted molar refractivity (Wildman–Crippen MR) is 83.0 cm³/mol. The second kappa shape index (κ2) is 5.26. The number of hydrogen-bond donors (Lipinski definition) is 0. The van der Waals surface area contributed by atoms with Gasteiger partial charge in [0.1, 0.15) is 0 Å². The number of hydrogen-bond acceptors (Lipinski definition) is 1. The number of halogens is 2. The molecule has 2 aromatic rings. The minimum atomic E-state index is -0.0174. The molecule has 0 N–H and O–H groups in total. The average Bonchev–Trinajstić information content (AvgIpc) is 2.90. The van der Waals surface area contributed by atoms with Crippen molar-refractivity contribution in [3.63, 3.8) is 0 Å². The van der Waals surface area contributed by atoms with Gasteiger partial charge in [0, 0.05) is 29.5 Å². The zero-order chi connectivity index (χ0) is 14.3. The van der Waals surface area contributed by atoms with Crippen LogP contribution in [0, 0.1) is 0 Å². The third-order valence-corrected chi connectivity index (χ3v) is 4.58. The van der Waals surface area contributed by atoms with Gasteiger partial charge in [0.05, 0.1) is 16.6 Å². The zero-order valence-corrected chi connectivity index (χ0v) is 13.4. The molecule has 1 unspecified atom stereocenters. The van der Waals surface area contributed by atoms with Gasteiger partial charge in [-0.15, -0.1) is 0 Å². The molecule has 0 fully saturated rings. The quantitative estimate of drug-likeness (QED) is 0.757. The van der Waals surface area contributed by atoms with Crippen molar-refractivity contribution in [2.75, 3.05) is 6.54 Å². The molecule has 0 radical (unpaired) electrons. The van der Waals surface area contributed by atoms with Gasteiger partial charge in [-0.1, -0.05) is 27.5 Å². The Kier molecular flexibility index (Phi) is 3.61. The van der Waals surface area contributed by atoms with E-state index in [4.69, 9.17) is 11.6 Å². The minimum Gasteiger partial charge on any atom is -0.348 e. The fourth-order valence-electron chi connectivity index (χ4n) is 2.67. The summed E-state index contributed by atoms with van der Waals surface area (Å²) in [7, 11) is 0. The van der Waals surface area contributed by atoms with E-state index in [1.54, 1.807) is 12.1 Å². The van der Waals surface area contributed by atoms with Crippen molar-refractivity contribution in [3.8, 4) is 0 Å². The van der Waals surface area contributed by atoms with Crippen molar-refractivity contribution in [2.45, 2.75) is 19.5 Å². The first-order valence-electron chi connectivity index (χ1n) is 6.49. The Morgan fingerprint density at radius 3 is 2.95 bits per heavy atom. The van der Waals surface area contributed by atoms with Gasteiger partial charge >= 0.3 is 0 Å². The summed E-state index contributed by atoms with van der Waals surface area (Å²) in [4.78, 5) is 14.6. The molecule has 1 amide bonds. The van der Waals surface area contributed by atoms with Gasteiger partial charge in [-0.25, -0.2) is 0 Å². The molecular weight excluding hydrogens is 340 g/mol. The maximum absolute atomic E-state index is 12.7. The third kappa shape index (κ3) is 2.27. The number of aromatic nitrogens is 1. The molecule has 5 heteroatoms. The molecule has 1 aromatic carbocycles. The van der Waals surface area contributed by atoms with E-state index in [2.05, 4.69) is 39.7 Å². The van der Waals surface area contributed by atoms with Crippen LogP contribution in [0.5, 0.6) is 0 Å². The van der Waals surface area contributed by atoms with Gasteiger partial charge in [-0.3, -0.25) is 4.79 Å². The van der Waals surface area contributed by atoms with E-state index in [-0.39, 0.29) is 11.9 Å². The second-order valence-corrected chi connectivity index (χ2v) is 6.25. The van der Waals surface area contributed by atoms with Crippen molar-refractivity contribution in [3.05, 3.63) is 57.3 Å². The van der Waals surface area contributed by atoms with E-state index in [0.717, 1.165) is 16.7 Å². The van der Waals surface area contributed by atoms with Crippen LogP contribution in [-0.2, 0) is 6.54 Å². The zero-order valence-electron chi connectivity index (χ0n) is 11.0. The lowest BCUT2D eigenvalue weighted by molar-refractivity contribution is 0.0644. The van der Waals surface area contributed by atoms with Crippen LogP contribution >= 0.6 is 27.5 Å². The number of amides is 1. The molecule has 1 aliphatic rings. The summed E-state index contributed by atoms with van der Waals surface area (Å²) in [5, 5.41) is 0.492. The van der Waals surface area contributed by atoms with E-state index in [9.17, 15) is 4.79 Å². The highest BCUT2D eigenvalue weighted by molar-refractivity contribution is 9.10. The number of nitrogens with zero attached hydrogens (tertiary/aromatic N) is 2. The lowest BCUT2D eigenvalue weighted by Gasteiger charge is -2.35. The van der Waals surface area contributed by atoms with E-state index in [1.807, 2.05) is 17.0 Å². The van der Waals surface area contributed by atoms with Crippen molar-refractivity contribution in [2.24, 2.45) is 0 Å². The van der Waals surface area contributed by atoms with Gasteiger partial charge < -0.3 is 9.47 Å². The lowest BCUT2D eigenvalue weighted by Crippen LogP contribution is -2.40. The Labute approximate surface area is 131 Å². The van der Waals surface area contributed by atoms with Gasteiger partial charge in [0.15, 0.2) is 0 Å². The number of benzene rings is 1. The predicted octanol–water partition coefficient (Wildman–Crippen LogP) is 4.12. The van der Waals surface area contributed by atoms with Crippen molar-refractivity contribution >= 4 is 33.4 Å². The lowest BCUT2D eigenvalue weighted by atomic mass is 10.1. The SMILES string of the molecule is CC1c2cccn2CCN1C(=O)c1cc(Br)ccc1Cl. The normalized spacial score (nSPS) is 17.9. The molecule has 0 bridgehead atoms. The molecule has 0 saturated carbocycles. The Hall–Kier alpha value is -1.26. The van der Waals surface area contributed by atoms with Gasteiger partial charge in [0.2, 0.25) is 0 Å². The molecule has 104 valence electrons. The highest BCUT2D eigenvalue weighted by Crippen LogP contribution is 2.29. The Bertz CT molecular complexity index is 668. The van der Waals surface area contributed by atoms with E-state index in [0.29, 0.717) is 17.1 Å². The first-order chi connectivity index (χ1) is 9.58. The maximum atomic E-state index is 12.7. The van der Waals surface area contributed by atoms with Crippen LogP contribution in [0.15, 0.2) is 41.0 Å². The molecule has 20 heavy (non-hydrogen) atoms. The van der Waals surface area contributed by atoms with Crippen molar-refractivity contribution in [1.82, 2.24) is 9.47 Å². The van der Waals surface area contributed by atoms with Gasteiger partial charge in [-0.05, 0) is 37.3 Å². The van der Waals surface area contributed by atoms with E-state index < -0.39 is 0 Å². The fourth-order valence-corrected chi connectivity index (χ4v) is 3.23. The maximum Gasteiger partial charge on any atom is 0.256 e. The Morgan fingerprint density at radius 1 is 1.35 bits per heavy atom. The largest absolute Gasteiger partial charge is 0.348 e. The standard InChI is InChI=1S/C15H14BrClN2O/c1-10-14-3-2-6-18(14)7-8-19(10)15(20)12-9-11(16)4-5-13(12)17/h2-6,9-10H,7-8H2,1H3. The molecule has 0 aliphatic carbocycles. The summed E-state index contributed by atoms with van der Waals surface area (Å²) in [5.41, 5.74) is 1.71. The monoisotopic (exact) mass is 352 g/mol. The van der Waals surface area contributed by atoms with Crippen LogP contribution in [0.4, 0.5) is 0 Å². The van der Waals surface area contributed by atoms with Crippen molar-refractivity contribution < 1.29 is 4.79 Å². The molecule has 0 saturated heterocycles. The summed E-state index contributed by atoms with van der Waals surface area (Å²) >= 11 is 9.55. The van der Waals surface area contributed by atoms with E-state index in [1.165, 1.54) is 0 Å². The molecule has 1 aliphatic heterocycles. The summed E-state index contributed by atoms with van der Waals surface area (Å²) in [6.45, 7) is 3.57. The first-order valence-corrected chi connectivity index (χ1v) is 7.66. The minimum absolute atomic E-state index is 0.0174. The van der Waals surface area contributed by atoms with Crippen LogP contribution in [-0.4, -0.2) is 21.9 Å². The Morgan fingerprint density at radius 2 is 2.15 bits per heavy atom. The second-order valence-electron chi connectivity index (χ2n) is 4.93. The highest BCUT2D eigenvalue weighted by Gasteiger charge is 2.29. The van der Waals surface area contributed by atoms with Gasteiger partial charge in [0.25, 0.3) is 5.91 Å². The van der Waals surface area contributed by atoms with E-state index >= 15 is 0 Å². The molecule has 0 spiro atoms. The molecule has 2 heterocycles. The van der Waals surface area contributed by atoms with Crippen LogP contribution < -0.4 is 0 Å². The molecule has 1 aromatic heterocycles. The molecule has 3 nitrogen and oxygen atoms in total. The summed E-state index contributed by atoms with van der Waals surface area (Å²) < 4.78 is 3.05. The average molecular weight is 354 g/mol. The number of carbonyl (C=O) groups excluding carboxylic acids is 1. The number of fused-ring (bicyclic) bond motifs is 1. The first kappa shape index (κ1) is 13.7. The number of carbonyl (C=O) groups is 1. The summed E-state index contributed by atoms with van der Waals surface area (Å²) in [5.74, 6) is -0.0174. The third-order valence-electron chi connectivity index (χ3n) is 3.76. The van der Waals surface area contributed by atoms with Crippen LogP contribution in [0.25, 0.3) is 0 Å². The Balaban J connectivity index is 1.94. The van der Waals surface area contributed by atoms with Gasteiger partial charge in [-0.2, -0.15) is 0 Å². The van der Waals surface area contributed by atoms with Crippen LogP contribution in [0.3, 0.4) is 0 Å².